The van der Waals surface area contributed by atoms with Crippen LogP contribution in [-0.4, -0.2) is 47.1 Å². The van der Waals surface area contributed by atoms with Gasteiger partial charge in [0.1, 0.15) is 0 Å². The van der Waals surface area contributed by atoms with E-state index in [0.717, 1.165) is 0 Å². The zero-order valence-corrected chi connectivity index (χ0v) is 18.5. The third-order valence-corrected chi connectivity index (χ3v) is 9.27. The van der Waals surface area contributed by atoms with E-state index in [4.69, 9.17) is 18.6 Å². The van der Waals surface area contributed by atoms with E-state index in [-0.39, 0.29) is 36.6 Å². The fourth-order valence-electron chi connectivity index (χ4n) is 3.30. The van der Waals surface area contributed by atoms with Crippen molar-refractivity contribution in [1.82, 2.24) is 0 Å². The first kappa shape index (κ1) is 19.5. The standard InChI is InChI=1S/C18H28B2O4S2/c1-15(2)16(3,4)22-19(21-15)13-9-11-12(25-13)10-14(26-11)20-23-17(5,6)18(7,8)24-20/h9-12H,1-8H3. The molecular weight excluding hydrogens is 366 g/mol. The van der Waals surface area contributed by atoms with Gasteiger partial charge in [-0.3, -0.25) is 0 Å². The average molecular weight is 394 g/mol. The van der Waals surface area contributed by atoms with Crippen molar-refractivity contribution in [2.75, 3.05) is 0 Å². The van der Waals surface area contributed by atoms with Crippen molar-refractivity contribution in [2.24, 2.45) is 0 Å². The van der Waals surface area contributed by atoms with Crippen LogP contribution in [-0.2, 0) is 18.6 Å². The summed E-state index contributed by atoms with van der Waals surface area (Å²) in [4.78, 5) is 2.38. The molecule has 4 aliphatic heterocycles. The molecule has 4 nitrogen and oxygen atoms in total. The van der Waals surface area contributed by atoms with Crippen molar-refractivity contribution in [2.45, 2.75) is 88.3 Å². The van der Waals surface area contributed by atoms with Gasteiger partial charge >= 0.3 is 14.2 Å². The lowest BCUT2D eigenvalue weighted by Crippen LogP contribution is -2.41. The van der Waals surface area contributed by atoms with Crippen LogP contribution in [0.5, 0.6) is 0 Å². The minimum atomic E-state index is -0.298. The zero-order valence-electron chi connectivity index (χ0n) is 16.9. The van der Waals surface area contributed by atoms with E-state index in [9.17, 15) is 0 Å². The predicted octanol–water partition coefficient (Wildman–Crippen LogP) is 4.25. The first-order valence-electron chi connectivity index (χ1n) is 9.29. The molecule has 2 atom stereocenters. The number of thioether (sulfide) groups is 2. The Kier molecular flexibility index (Phi) is 4.37. The lowest BCUT2D eigenvalue weighted by atomic mass is 9.88. The summed E-state index contributed by atoms with van der Waals surface area (Å²) in [5, 5.41) is 0.783. The molecule has 4 rings (SSSR count). The van der Waals surface area contributed by atoms with Gasteiger partial charge < -0.3 is 18.6 Å². The Morgan fingerprint density at radius 3 is 1.15 bits per heavy atom. The van der Waals surface area contributed by atoms with Crippen molar-refractivity contribution in [3.63, 3.8) is 0 Å². The van der Waals surface area contributed by atoms with E-state index < -0.39 is 0 Å². The average Bonchev–Trinajstić information content (AvgIpc) is 3.11. The molecule has 0 aromatic heterocycles. The van der Waals surface area contributed by atoms with Crippen LogP contribution < -0.4 is 0 Å². The van der Waals surface area contributed by atoms with Crippen LogP contribution in [0.2, 0.25) is 0 Å². The summed E-state index contributed by atoms with van der Waals surface area (Å²) >= 11 is 3.69. The van der Waals surface area contributed by atoms with E-state index in [2.05, 4.69) is 67.5 Å². The van der Waals surface area contributed by atoms with Crippen LogP contribution >= 0.6 is 23.5 Å². The Labute approximate surface area is 166 Å². The highest BCUT2D eigenvalue weighted by atomic mass is 32.2. The highest BCUT2D eigenvalue weighted by Gasteiger charge is 2.56. The molecule has 26 heavy (non-hydrogen) atoms. The van der Waals surface area contributed by atoms with Crippen molar-refractivity contribution < 1.29 is 18.6 Å². The topological polar surface area (TPSA) is 36.9 Å². The third-order valence-electron chi connectivity index (χ3n) is 6.50. The van der Waals surface area contributed by atoms with E-state index in [1.165, 1.54) is 9.61 Å². The van der Waals surface area contributed by atoms with Gasteiger partial charge in [0.25, 0.3) is 0 Å². The fraction of sp³-hybridized carbons (Fsp3) is 0.778. The molecule has 0 aromatic rings. The summed E-state index contributed by atoms with van der Waals surface area (Å²) in [7, 11) is -0.519. The van der Waals surface area contributed by atoms with Crippen molar-refractivity contribution >= 4 is 37.8 Å². The molecule has 0 radical (unpaired) electrons. The molecule has 0 bridgehead atoms. The van der Waals surface area contributed by atoms with Crippen LogP contribution in [0.25, 0.3) is 0 Å². The van der Waals surface area contributed by atoms with E-state index >= 15 is 0 Å². The Morgan fingerprint density at radius 2 is 0.885 bits per heavy atom. The smallest absolute Gasteiger partial charge is 0.399 e. The summed E-state index contributed by atoms with van der Waals surface area (Å²) in [6.45, 7) is 16.8. The Morgan fingerprint density at radius 1 is 0.615 bits per heavy atom. The summed E-state index contributed by atoms with van der Waals surface area (Å²) in [5.41, 5.74) is -1.19. The molecule has 8 heteroatoms. The molecular formula is C18H28B2O4S2. The van der Waals surface area contributed by atoms with Gasteiger partial charge in [0, 0.05) is 20.1 Å². The molecule has 0 aromatic carbocycles. The van der Waals surface area contributed by atoms with Gasteiger partial charge in [0.05, 0.1) is 22.4 Å². The summed E-state index contributed by atoms with van der Waals surface area (Å²) in [6.07, 6.45) is 4.60. The highest BCUT2D eigenvalue weighted by Crippen LogP contribution is 2.53. The first-order valence-corrected chi connectivity index (χ1v) is 11.1. The van der Waals surface area contributed by atoms with Crippen LogP contribution in [0.3, 0.4) is 0 Å². The SMILES string of the molecule is CC1(C)OB(C2=CC3SC(B4OC(C)(C)C(C)(C)O4)=CC3S2)OC1(C)C. The maximum absolute atomic E-state index is 6.20. The minimum Gasteiger partial charge on any atom is -0.399 e. The summed E-state index contributed by atoms with van der Waals surface area (Å²) < 4.78 is 24.8. The van der Waals surface area contributed by atoms with E-state index in [0.29, 0.717) is 10.5 Å². The molecule has 2 saturated heterocycles. The van der Waals surface area contributed by atoms with Crippen molar-refractivity contribution in [1.29, 1.82) is 0 Å². The van der Waals surface area contributed by atoms with Crippen molar-refractivity contribution in [3.05, 3.63) is 21.8 Å². The second-order valence-electron chi connectivity index (χ2n) is 9.48. The minimum absolute atomic E-state index is 0.259. The van der Waals surface area contributed by atoms with Gasteiger partial charge in [0.2, 0.25) is 0 Å². The van der Waals surface area contributed by atoms with Gasteiger partial charge in [0.15, 0.2) is 0 Å². The molecule has 2 unspecified atom stereocenters. The Balaban J connectivity index is 1.43. The van der Waals surface area contributed by atoms with Gasteiger partial charge in [-0.1, -0.05) is 12.2 Å². The molecule has 0 amide bonds. The lowest BCUT2D eigenvalue weighted by Gasteiger charge is -2.32. The lowest BCUT2D eigenvalue weighted by molar-refractivity contribution is 0.00578. The van der Waals surface area contributed by atoms with Crippen LogP contribution in [0, 0.1) is 0 Å². The van der Waals surface area contributed by atoms with Crippen molar-refractivity contribution in [3.8, 4) is 0 Å². The second-order valence-corrected chi connectivity index (χ2v) is 12.0. The highest BCUT2D eigenvalue weighted by molar-refractivity contribution is 8.11. The Bertz CT molecular complexity index is 597. The Hall–Kier alpha value is 0.150. The van der Waals surface area contributed by atoms with Crippen LogP contribution in [0.1, 0.15) is 55.4 Å². The molecule has 0 spiro atoms. The number of rotatable bonds is 2. The van der Waals surface area contributed by atoms with Gasteiger partial charge in [-0.15, -0.1) is 23.5 Å². The van der Waals surface area contributed by atoms with Crippen LogP contribution in [0.4, 0.5) is 0 Å². The van der Waals surface area contributed by atoms with Gasteiger partial charge in [-0.25, -0.2) is 0 Å². The normalized spacial score (nSPS) is 36.3. The van der Waals surface area contributed by atoms with Crippen LogP contribution in [0.15, 0.2) is 21.8 Å². The maximum Gasteiger partial charge on any atom is 0.501 e. The largest absolute Gasteiger partial charge is 0.501 e. The fourth-order valence-corrected chi connectivity index (χ4v) is 6.15. The first-order chi connectivity index (χ1) is 11.8. The van der Waals surface area contributed by atoms with E-state index in [1.807, 2.05) is 23.5 Å². The monoisotopic (exact) mass is 394 g/mol. The molecule has 0 aliphatic carbocycles. The molecule has 0 saturated carbocycles. The third kappa shape index (κ3) is 2.96. The molecule has 0 N–H and O–H groups in total. The van der Waals surface area contributed by atoms with Gasteiger partial charge in [-0.05, 0) is 55.4 Å². The summed E-state index contributed by atoms with van der Waals surface area (Å²) in [6, 6.07) is 0. The predicted molar refractivity (Wildman–Crippen MR) is 111 cm³/mol. The number of fused-ring (bicyclic) bond motifs is 1. The maximum atomic E-state index is 6.20. The zero-order chi connectivity index (χ0) is 19.1. The van der Waals surface area contributed by atoms with Gasteiger partial charge in [-0.2, -0.15) is 0 Å². The quantitative estimate of drug-likeness (QED) is 0.652. The summed E-state index contributed by atoms with van der Waals surface area (Å²) in [5.74, 6) is 0. The number of hydrogen-bond donors (Lipinski definition) is 0. The molecule has 2 fully saturated rings. The van der Waals surface area contributed by atoms with E-state index in [1.54, 1.807) is 0 Å². The molecule has 142 valence electrons. The molecule has 4 heterocycles. The second kappa shape index (κ2) is 5.83. The number of hydrogen-bond acceptors (Lipinski definition) is 6. The molecule has 4 aliphatic rings.